The number of fused-ring (bicyclic) bond motifs is 3. The molecule has 1 aromatic heterocycles. The zero-order valence-electron chi connectivity index (χ0n) is 14.2. The highest BCUT2D eigenvalue weighted by Crippen LogP contribution is 2.28. The van der Waals surface area contributed by atoms with Gasteiger partial charge in [0.1, 0.15) is 5.75 Å². The number of nitrogens with one attached hydrogen (secondary N) is 2. The number of urea groups is 1. The molecule has 1 aliphatic rings. The Morgan fingerprint density at radius 2 is 1.96 bits per heavy atom. The summed E-state index contributed by atoms with van der Waals surface area (Å²) in [5.41, 5.74) is 4.30. The lowest BCUT2D eigenvalue weighted by Gasteiger charge is -2.21. The molecule has 0 bridgehead atoms. The van der Waals surface area contributed by atoms with Crippen LogP contribution in [0.3, 0.4) is 0 Å². The van der Waals surface area contributed by atoms with Crippen molar-refractivity contribution in [2.24, 2.45) is 0 Å². The number of aromatic amines is 1. The summed E-state index contributed by atoms with van der Waals surface area (Å²) in [6.07, 6.45) is 1.94. The smallest absolute Gasteiger partial charge is 0.322 e. The third-order valence-corrected chi connectivity index (χ3v) is 4.74. The van der Waals surface area contributed by atoms with Crippen LogP contribution in [0.25, 0.3) is 10.9 Å². The highest BCUT2D eigenvalue weighted by Gasteiger charge is 2.22. The molecule has 0 saturated heterocycles. The van der Waals surface area contributed by atoms with Crippen LogP contribution >= 0.6 is 0 Å². The van der Waals surface area contributed by atoms with E-state index in [9.17, 15) is 4.79 Å². The lowest BCUT2D eigenvalue weighted by molar-refractivity contribution is 0.209. The van der Waals surface area contributed by atoms with Crippen molar-refractivity contribution in [3.63, 3.8) is 0 Å². The Bertz CT molecular complexity index is 916. The van der Waals surface area contributed by atoms with E-state index in [1.807, 2.05) is 35.2 Å². The summed E-state index contributed by atoms with van der Waals surface area (Å²) in [6, 6.07) is 15.7. The quantitative estimate of drug-likeness (QED) is 0.739. The zero-order chi connectivity index (χ0) is 17.2. The number of H-pyrrole nitrogens is 1. The lowest BCUT2D eigenvalue weighted by atomic mass is 10.1. The molecule has 128 valence electrons. The number of hydrogen-bond acceptors (Lipinski definition) is 2. The second-order valence-electron chi connectivity index (χ2n) is 6.28. The van der Waals surface area contributed by atoms with Gasteiger partial charge in [-0.15, -0.1) is 0 Å². The van der Waals surface area contributed by atoms with Gasteiger partial charge in [0.25, 0.3) is 0 Å². The largest absolute Gasteiger partial charge is 0.495 e. The molecular weight excluding hydrogens is 314 g/mol. The van der Waals surface area contributed by atoms with Crippen LogP contribution in [0.15, 0.2) is 48.5 Å². The van der Waals surface area contributed by atoms with Crippen LogP contribution in [-0.4, -0.2) is 29.6 Å². The summed E-state index contributed by atoms with van der Waals surface area (Å²) in [5, 5.41) is 4.24. The van der Waals surface area contributed by atoms with Crippen molar-refractivity contribution in [3.05, 3.63) is 59.8 Å². The standard InChI is InChI=1S/C20H21N3O2/c1-25-19-11-5-4-10-17(19)22-20(24)23-12-6-8-15-14-7-2-3-9-16(14)21-18(15)13-23/h2-5,7,9-11,21H,6,8,12-13H2,1H3,(H,22,24). The summed E-state index contributed by atoms with van der Waals surface area (Å²) in [5.74, 6) is 0.664. The molecule has 0 radical (unpaired) electrons. The highest BCUT2D eigenvalue weighted by atomic mass is 16.5. The Hall–Kier alpha value is -2.95. The molecule has 2 aromatic carbocycles. The van der Waals surface area contributed by atoms with Crippen LogP contribution in [0, 0.1) is 0 Å². The normalized spacial score (nSPS) is 14.0. The summed E-state index contributed by atoms with van der Waals surface area (Å²) in [4.78, 5) is 18.1. The molecule has 0 aliphatic carbocycles. The number of aryl methyl sites for hydroxylation is 1. The number of amides is 2. The van der Waals surface area contributed by atoms with E-state index in [4.69, 9.17) is 4.74 Å². The fraction of sp³-hybridized carbons (Fsp3) is 0.250. The first kappa shape index (κ1) is 15.6. The Labute approximate surface area is 146 Å². The molecule has 0 atom stereocenters. The number of rotatable bonds is 2. The van der Waals surface area contributed by atoms with E-state index in [2.05, 4.69) is 28.5 Å². The molecule has 0 unspecified atom stereocenters. The van der Waals surface area contributed by atoms with Gasteiger partial charge in [-0.25, -0.2) is 4.79 Å². The van der Waals surface area contributed by atoms with E-state index in [0.717, 1.165) is 30.6 Å². The number of ether oxygens (including phenoxy) is 1. The van der Waals surface area contributed by atoms with Crippen molar-refractivity contribution in [1.82, 2.24) is 9.88 Å². The minimum absolute atomic E-state index is 0.101. The number of aromatic nitrogens is 1. The molecule has 25 heavy (non-hydrogen) atoms. The average molecular weight is 335 g/mol. The molecule has 0 fully saturated rings. The van der Waals surface area contributed by atoms with Gasteiger partial charge in [0.05, 0.1) is 19.3 Å². The average Bonchev–Trinajstić information content (AvgIpc) is 2.84. The number of methoxy groups -OCH3 is 1. The van der Waals surface area contributed by atoms with Gasteiger partial charge in [0.15, 0.2) is 0 Å². The van der Waals surface area contributed by atoms with E-state index in [0.29, 0.717) is 18.0 Å². The number of carbonyl (C=O) groups is 1. The number of carbonyl (C=O) groups excluding carboxylic acids is 1. The molecule has 5 heteroatoms. The second kappa shape index (κ2) is 6.51. The third kappa shape index (κ3) is 2.93. The first-order valence-corrected chi connectivity index (χ1v) is 8.53. The van der Waals surface area contributed by atoms with Gasteiger partial charge in [0, 0.05) is 23.1 Å². The van der Waals surface area contributed by atoms with E-state index in [1.54, 1.807) is 7.11 Å². The van der Waals surface area contributed by atoms with E-state index in [-0.39, 0.29) is 6.03 Å². The van der Waals surface area contributed by atoms with Gasteiger partial charge in [-0.3, -0.25) is 0 Å². The molecule has 2 N–H and O–H groups in total. The fourth-order valence-corrected chi connectivity index (χ4v) is 3.51. The maximum atomic E-state index is 12.8. The van der Waals surface area contributed by atoms with Gasteiger partial charge in [0.2, 0.25) is 0 Å². The fourth-order valence-electron chi connectivity index (χ4n) is 3.51. The Kier molecular flexibility index (Phi) is 4.06. The number of nitrogens with zero attached hydrogens (tertiary/aromatic N) is 1. The first-order chi connectivity index (χ1) is 12.3. The van der Waals surface area contributed by atoms with Crippen molar-refractivity contribution >= 4 is 22.6 Å². The monoisotopic (exact) mass is 335 g/mol. The maximum Gasteiger partial charge on any atom is 0.322 e. The summed E-state index contributed by atoms with van der Waals surface area (Å²) >= 11 is 0. The number of anilines is 1. The third-order valence-electron chi connectivity index (χ3n) is 4.74. The molecule has 2 heterocycles. The maximum absolute atomic E-state index is 12.8. The summed E-state index contributed by atoms with van der Waals surface area (Å²) in [6.45, 7) is 1.32. The first-order valence-electron chi connectivity index (χ1n) is 8.53. The number of benzene rings is 2. The van der Waals surface area contributed by atoms with E-state index >= 15 is 0 Å². The van der Waals surface area contributed by atoms with Crippen LogP contribution in [0.2, 0.25) is 0 Å². The molecular formula is C20H21N3O2. The van der Waals surface area contributed by atoms with Crippen molar-refractivity contribution in [3.8, 4) is 5.75 Å². The SMILES string of the molecule is COc1ccccc1NC(=O)N1CCCc2c([nH]c3ccccc23)C1. The van der Waals surface area contributed by atoms with Gasteiger partial charge in [-0.1, -0.05) is 30.3 Å². The Morgan fingerprint density at radius 3 is 2.84 bits per heavy atom. The minimum Gasteiger partial charge on any atom is -0.495 e. The highest BCUT2D eigenvalue weighted by molar-refractivity contribution is 5.91. The van der Waals surface area contributed by atoms with Crippen LogP contribution in [-0.2, 0) is 13.0 Å². The van der Waals surface area contributed by atoms with Gasteiger partial charge in [-0.2, -0.15) is 0 Å². The summed E-state index contributed by atoms with van der Waals surface area (Å²) < 4.78 is 5.31. The molecule has 3 aromatic rings. The van der Waals surface area contributed by atoms with Crippen LogP contribution < -0.4 is 10.1 Å². The van der Waals surface area contributed by atoms with Crippen molar-refractivity contribution in [2.45, 2.75) is 19.4 Å². The molecule has 1 aliphatic heterocycles. The second-order valence-corrected chi connectivity index (χ2v) is 6.28. The van der Waals surface area contributed by atoms with E-state index < -0.39 is 0 Å². The van der Waals surface area contributed by atoms with Crippen molar-refractivity contribution in [1.29, 1.82) is 0 Å². The van der Waals surface area contributed by atoms with Crippen LogP contribution in [0.1, 0.15) is 17.7 Å². The van der Waals surface area contributed by atoms with Gasteiger partial charge in [-0.05, 0) is 36.6 Å². The molecule has 2 amide bonds. The molecule has 0 saturated carbocycles. The predicted molar refractivity (Wildman–Crippen MR) is 99.0 cm³/mol. The molecule has 4 rings (SSSR count). The van der Waals surface area contributed by atoms with Crippen molar-refractivity contribution < 1.29 is 9.53 Å². The van der Waals surface area contributed by atoms with Gasteiger partial charge >= 0.3 is 6.03 Å². The van der Waals surface area contributed by atoms with Crippen LogP contribution in [0.5, 0.6) is 5.75 Å². The number of para-hydroxylation sites is 3. The minimum atomic E-state index is -0.101. The predicted octanol–water partition coefficient (Wildman–Crippen LogP) is 4.16. The Balaban J connectivity index is 1.57. The zero-order valence-corrected chi connectivity index (χ0v) is 14.2. The topological polar surface area (TPSA) is 57.4 Å². The Morgan fingerprint density at radius 1 is 1.16 bits per heavy atom. The van der Waals surface area contributed by atoms with E-state index in [1.165, 1.54) is 10.9 Å². The van der Waals surface area contributed by atoms with Crippen molar-refractivity contribution in [2.75, 3.05) is 19.0 Å². The molecule has 5 nitrogen and oxygen atoms in total. The number of hydrogen-bond donors (Lipinski definition) is 2. The van der Waals surface area contributed by atoms with Crippen LogP contribution in [0.4, 0.5) is 10.5 Å². The summed E-state index contributed by atoms with van der Waals surface area (Å²) in [7, 11) is 1.60. The lowest BCUT2D eigenvalue weighted by Crippen LogP contribution is -2.34. The molecule has 0 spiro atoms. The van der Waals surface area contributed by atoms with Gasteiger partial charge < -0.3 is 19.9 Å².